The van der Waals surface area contributed by atoms with Gasteiger partial charge in [0.25, 0.3) is 0 Å². The highest BCUT2D eigenvalue weighted by atomic mass is 35.5. The standard InChI is InChI=1S/C13H12ClFN4O2S/c1-22-7-19-6-9(15)11(18-13(19)21)17-12(20)16-10-5-3-2-4-8(10)14/h2-6H,7H2,1H3,(H2,16,17,18,20,21). The van der Waals surface area contributed by atoms with Crippen molar-refractivity contribution < 1.29 is 9.18 Å². The Balaban J connectivity index is 2.14. The fraction of sp³-hybridized carbons (Fsp3) is 0.154. The van der Waals surface area contributed by atoms with Crippen LogP contribution >= 0.6 is 23.4 Å². The van der Waals surface area contributed by atoms with E-state index in [2.05, 4.69) is 15.6 Å². The summed E-state index contributed by atoms with van der Waals surface area (Å²) in [6.45, 7) is 0. The quantitative estimate of drug-likeness (QED) is 0.895. The van der Waals surface area contributed by atoms with Crippen molar-refractivity contribution >= 4 is 40.9 Å². The van der Waals surface area contributed by atoms with E-state index in [9.17, 15) is 14.0 Å². The lowest BCUT2D eigenvalue weighted by Gasteiger charge is -2.10. The number of para-hydroxylation sites is 1. The predicted octanol–water partition coefficient (Wildman–Crippen LogP) is 3.00. The molecule has 0 atom stereocenters. The van der Waals surface area contributed by atoms with E-state index in [0.29, 0.717) is 10.7 Å². The third kappa shape index (κ3) is 3.99. The summed E-state index contributed by atoms with van der Waals surface area (Å²) in [5.74, 6) is -0.968. The van der Waals surface area contributed by atoms with E-state index < -0.39 is 23.4 Å². The molecule has 0 aliphatic rings. The van der Waals surface area contributed by atoms with Crippen LogP contribution in [-0.4, -0.2) is 21.8 Å². The van der Waals surface area contributed by atoms with Gasteiger partial charge in [0.15, 0.2) is 11.6 Å². The topological polar surface area (TPSA) is 76.0 Å². The number of amides is 2. The number of benzene rings is 1. The van der Waals surface area contributed by atoms with Crippen LogP contribution in [-0.2, 0) is 5.88 Å². The van der Waals surface area contributed by atoms with Gasteiger partial charge in [-0.05, 0) is 18.4 Å². The van der Waals surface area contributed by atoms with E-state index in [4.69, 9.17) is 11.6 Å². The fourth-order valence-corrected chi connectivity index (χ4v) is 2.26. The molecule has 2 aromatic rings. The molecule has 1 aromatic heterocycles. The molecule has 0 radical (unpaired) electrons. The monoisotopic (exact) mass is 342 g/mol. The van der Waals surface area contributed by atoms with E-state index in [1.165, 1.54) is 11.8 Å². The predicted molar refractivity (Wildman–Crippen MR) is 86.1 cm³/mol. The van der Waals surface area contributed by atoms with Gasteiger partial charge in [0.1, 0.15) is 0 Å². The van der Waals surface area contributed by atoms with Crippen molar-refractivity contribution in [1.82, 2.24) is 9.55 Å². The summed E-state index contributed by atoms with van der Waals surface area (Å²) in [6.07, 6.45) is 2.77. The van der Waals surface area contributed by atoms with Crippen LogP contribution in [0.1, 0.15) is 0 Å². The Hall–Kier alpha value is -2.06. The number of nitrogens with one attached hydrogen (secondary N) is 2. The highest BCUT2D eigenvalue weighted by molar-refractivity contribution is 7.97. The molecule has 1 heterocycles. The van der Waals surface area contributed by atoms with E-state index in [1.807, 2.05) is 0 Å². The van der Waals surface area contributed by atoms with Gasteiger partial charge in [-0.1, -0.05) is 23.7 Å². The number of hydrogen-bond donors (Lipinski definition) is 2. The normalized spacial score (nSPS) is 10.3. The van der Waals surface area contributed by atoms with Crippen LogP contribution < -0.4 is 16.3 Å². The SMILES string of the molecule is CSCn1cc(F)c(NC(=O)Nc2ccccc2Cl)nc1=O. The maximum Gasteiger partial charge on any atom is 0.350 e. The molecule has 0 saturated carbocycles. The molecular weight excluding hydrogens is 331 g/mol. The van der Waals surface area contributed by atoms with E-state index in [0.717, 1.165) is 10.8 Å². The third-order valence-electron chi connectivity index (χ3n) is 2.57. The molecule has 0 spiro atoms. The van der Waals surface area contributed by atoms with E-state index >= 15 is 0 Å². The smallest absolute Gasteiger partial charge is 0.306 e. The van der Waals surface area contributed by atoms with Gasteiger partial charge in [-0.2, -0.15) is 4.98 Å². The van der Waals surface area contributed by atoms with Gasteiger partial charge in [-0.25, -0.2) is 14.0 Å². The van der Waals surface area contributed by atoms with Crippen molar-refractivity contribution in [3.8, 4) is 0 Å². The molecule has 2 N–H and O–H groups in total. The number of halogens is 2. The molecule has 1 aromatic carbocycles. The first-order chi connectivity index (χ1) is 10.5. The number of rotatable bonds is 4. The second-order valence-electron chi connectivity index (χ2n) is 4.17. The summed E-state index contributed by atoms with van der Waals surface area (Å²) < 4.78 is 14.9. The average Bonchev–Trinajstić information content (AvgIpc) is 2.47. The number of thioether (sulfide) groups is 1. The molecule has 6 nitrogen and oxygen atoms in total. The lowest BCUT2D eigenvalue weighted by molar-refractivity contribution is 0.262. The van der Waals surface area contributed by atoms with Crippen molar-refractivity contribution in [3.63, 3.8) is 0 Å². The van der Waals surface area contributed by atoms with Crippen molar-refractivity contribution in [2.45, 2.75) is 5.88 Å². The highest BCUT2D eigenvalue weighted by Gasteiger charge is 2.12. The van der Waals surface area contributed by atoms with Crippen molar-refractivity contribution in [2.24, 2.45) is 0 Å². The van der Waals surface area contributed by atoms with E-state index in [-0.39, 0.29) is 5.88 Å². The Morgan fingerprint density at radius 2 is 2.14 bits per heavy atom. The molecule has 0 aliphatic heterocycles. The molecule has 0 saturated heterocycles. The highest BCUT2D eigenvalue weighted by Crippen LogP contribution is 2.20. The van der Waals surface area contributed by atoms with Crippen molar-refractivity contribution in [3.05, 3.63) is 51.8 Å². The van der Waals surface area contributed by atoms with Gasteiger partial charge < -0.3 is 5.32 Å². The second-order valence-corrected chi connectivity index (χ2v) is 5.41. The van der Waals surface area contributed by atoms with Gasteiger partial charge in [0.05, 0.1) is 16.6 Å². The molecule has 22 heavy (non-hydrogen) atoms. The Kier molecular flexibility index (Phi) is 5.40. The lowest BCUT2D eigenvalue weighted by atomic mass is 10.3. The molecule has 0 bridgehead atoms. The molecule has 9 heteroatoms. The number of hydrogen-bond acceptors (Lipinski definition) is 4. The summed E-state index contributed by atoms with van der Waals surface area (Å²) in [6, 6.07) is 5.82. The summed E-state index contributed by atoms with van der Waals surface area (Å²) in [4.78, 5) is 27.0. The van der Waals surface area contributed by atoms with Crippen molar-refractivity contribution in [1.29, 1.82) is 0 Å². The molecular formula is C13H12ClFN4O2S. The third-order valence-corrected chi connectivity index (χ3v) is 3.44. The Morgan fingerprint density at radius 1 is 1.41 bits per heavy atom. The summed E-state index contributed by atoms with van der Waals surface area (Å²) in [7, 11) is 0. The minimum Gasteiger partial charge on any atom is -0.306 e. The largest absolute Gasteiger partial charge is 0.350 e. The molecule has 116 valence electrons. The minimum atomic E-state index is -0.803. The van der Waals surface area contributed by atoms with Crippen LogP contribution in [0.25, 0.3) is 0 Å². The van der Waals surface area contributed by atoms with Crippen LogP contribution in [0.2, 0.25) is 5.02 Å². The van der Waals surface area contributed by atoms with Gasteiger partial charge in [-0.3, -0.25) is 9.88 Å². The number of carbonyl (C=O) groups excluding carboxylic acids is 1. The molecule has 0 unspecified atom stereocenters. The van der Waals surface area contributed by atoms with Crippen LogP contribution in [0.3, 0.4) is 0 Å². The van der Waals surface area contributed by atoms with Crippen LogP contribution in [0, 0.1) is 5.82 Å². The molecule has 2 rings (SSSR count). The average molecular weight is 343 g/mol. The second kappa shape index (κ2) is 7.28. The van der Waals surface area contributed by atoms with Crippen LogP contribution in [0.5, 0.6) is 0 Å². The van der Waals surface area contributed by atoms with Crippen molar-refractivity contribution in [2.75, 3.05) is 16.9 Å². The first-order valence-electron chi connectivity index (χ1n) is 6.09. The summed E-state index contributed by atoms with van der Waals surface area (Å²) in [5, 5.41) is 4.96. The zero-order valence-corrected chi connectivity index (χ0v) is 13.0. The van der Waals surface area contributed by atoms with Gasteiger partial charge in [0, 0.05) is 6.20 Å². The number of urea groups is 1. The minimum absolute atomic E-state index is 0.273. The molecule has 0 fully saturated rings. The first-order valence-corrected chi connectivity index (χ1v) is 7.87. The molecule has 0 aliphatic carbocycles. The number of anilines is 2. The zero-order valence-electron chi connectivity index (χ0n) is 11.5. The Morgan fingerprint density at radius 3 is 2.82 bits per heavy atom. The Bertz CT molecular complexity index is 753. The van der Waals surface area contributed by atoms with Crippen LogP contribution in [0.15, 0.2) is 35.3 Å². The van der Waals surface area contributed by atoms with E-state index in [1.54, 1.807) is 30.5 Å². The summed E-state index contributed by atoms with van der Waals surface area (Å²) >= 11 is 7.24. The lowest BCUT2D eigenvalue weighted by Crippen LogP contribution is -2.27. The number of carbonyl (C=O) groups is 1. The first kappa shape index (κ1) is 16.3. The Labute approximate surface area is 134 Å². The van der Waals surface area contributed by atoms with Gasteiger partial charge in [-0.15, -0.1) is 11.8 Å². The summed E-state index contributed by atoms with van der Waals surface area (Å²) in [5.41, 5.74) is -0.290. The fourth-order valence-electron chi connectivity index (χ4n) is 1.61. The van der Waals surface area contributed by atoms with Gasteiger partial charge in [0.2, 0.25) is 0 Å². The van der Waals surface area contributed by atoms with Crippen LogP contribution in [0.4, 0.5) is 20.7 Å². The zero-order chi connectivity index (χ0) is 16.1. The van der Waals surface area contributed by atoms with Gasteiger partial charge >= 0.3 is 11.7 Å². The number of nitrogens with zero attached hydrogens (tertiary/aromatic N) is 2. The molecule has 2 amide bonds. The maximum absolute atomic E-state index is 13.8. The maximum atomic E-state index is 13.8. The number of aromatic nitrogens is 2.